The molecule has 0 aliphatic rings. The molecule has 0 aromatic heterocycles. The molecule has 1 aromatic rings. The first-order valence-corrected chi connectivity index (χ1v) is 6.44. The third-order valence-electron chi connectivity index (χ3n) is 2.33. The Kier molecular flexibility index (Phi) is 5.34. The number of rotatable bonds is 4. The van der Waals surface area contributed by atoms with E-state index in [1.165, 1.54) is 6.92 Å². The molecule has 0 aliphatic heterocycles. The van der Waals surface area contributed by atoms with Gasteiger partial charge in [-0.3, -0.25) is 4.79 Å². The smallest absolute Gasteiger partial charge is 0.334 e. The molecule has 0 saturated heterocycles. The van der Waals surface area contributed by atoms with E-state index in [1.807, 2.05) is 19.9 Å². The summed E-state index contributed by atoms with van der Waals surface area (Å²) in [6.07, 6.45) is 0. The van der Waals surface area contributed by atoms with Gasteiger partial charge in [-0.1, -0.05) is 26.0 Å². The molecule has 0 spiro atoms. The zero-order valence-electron chi connectivity index (χ0n) is 10.6. The molecule has 0 radical (unpaired) electrons. The Morgan fingerprint density at radius 2 is 1.89 bits per heavy atom. The van der Waals surface area contributed by atoms with E-state index in [0.717, 1.165) is 0 Å². The van der Waals surface area contributed by atoms with E-state index in [9.17, 15) is 9.59 Å². The molecule has 1 aromatic carbocycles. The Balaban J connectivity index is 2.79. The Hall–Kier alpha value is -1.36. The molecule has 0 heterocycles. The van der Waals surface area contributed by atoms with Crippen molar-refractivity contribution in [3.8, 4) is 5.75 Å². The van der Waals surface area contributed by atoms with Crippen LogP contribution >= 0.6 is 15.9 Å². The number of amides is 1. The van der Waals surface area contributed by atoms with Gasteiger partial charge in [-0.2, -0.15) is 0 Å². The largest absolute Gasteiger partial charge is 0.424 e. The van der Waals surface area contributed by atoms with Gasteiger partial charge in [0.2, 0.25) is 5.91 Å². The summed E-state index contributed by atoms with van der Waals surface area (Å²) in [5.74, 6) is -0.313. The first-order chi connectivity index (χ1) is 8.41. The lowest BCUT2D eigenvalue weighted by atomic mass is 10.0. The van der Waals surface area contributed by atoms with Crippen LogP contribution in [0, 0.1) is 5.92 Å². The minimum Gasteiger partial charge on any atom is -0.424 e. The lowest BCUT2D eigenvalue weighted by Crippen LogP contribution is -2.45. The molecule has 98 valence electrons. The molecule has 0 aliphatic carbocycles. The zero-order chi connectivity index (χ0) is 13.7. The van der Waals surface area contributed by atoms with E-state index >= 15 is 0 Å². The third-order valence-corrected chi connectivity index (χ3v) is 2.98. The number of benzene rings is 1. The van der Waals surface area contributed by atoms with Gasteiger partial charge in [-0.05, 0) is 34.0 Å². The highest BCUT2D eigenvalue weighted by Gasteiger charge is 2.25. The molecule has 1 atom stereocenters. The van der Waals surface area contributed by atoms with Gasteiger partial charge in [0.05, 0.1) is 4.47 Å². The normalized spacial score (nSPS) is 12.1. The van der Waals surface area contributed by atoms with Crippen LogP contribution in [0.5, 0.6) is 5.75 Å². The molecule has 1 amide bonds. The molecular weight excluding hydrogens is 298 g/mol. The van der Waals surface area contributed by atoms with Crippen molar-refractivity contribution in [2.75, 3.05) is 0 Å². The minimum atomic E-state index is -0.644. The van der Waals surface area contributed by atoms with E-state index < -0.39 is 12.0 Å². The Morgan fingerprint density at radius 3 is 2.39 bits per heavy atom. The number of hydrogen-bond donors (Lipinski definition) is 1. The maximum Gasteiger partial charge on any atom is 0.334 e. The van der Waals surface area contributed by atoms with Gasteiger partial charge in [0.15, 0.2) is 0 Å². The Morgan fingerprint density at radius 1 is 1.28 bits per heavy atom. The minimum absolute atomic E-state index is 0.0381. The van der Waals surface area contributed by atoms with Gasteiger partial charge in [-0.15, -0.1) is 0 Å². The summed E-state index contributed by atoms with van der Waals surface area (Å²) in [4.78, 5) is 23.0. The van der Waals surface area contributed by atoms with Crippen LogP contribution in [0.2, 0.25) is 0 Å². The molecule has 0 fully saturated rings. The summed E-state index contributed by atoms with van der Waals surface area (Å²) in [5.41, 5.74) is 0. The number of carbonyl (C=O) groups excluding carboxylic acids is 2. The van der Waals surface area contributed by atoms with Crippen LogP contribution in [-0.4, -0.2) is 17.9 Å². The van der Waals surface area contributed by atoms with Crippen molar-refractivity contribution in [2.45, 2.75) is 26.8 Å². The first kappa shape index (κ1) is 14.7. The van der Waals surface area contributed by atoms with E-state index in [1.54, 1.807) is 18.2 Å². The number of nitrogens with one attached hydrogen (secondary N) is 1. The standard InChI is InChI=1S/C13H16BrNO3/c1-8(2)12(15-9(3)16)13(17)18-11-7-5-4-6-10(11)14/h4-8,12H,1-3H3,(H,15,16)/t12-/m1/s1. The van der Waals surface area contributed by atoms with Crippen LogP contribution in [-0.2, 0) is 9.59 Å². The summed E-state index contributed by atoms with van der Waals surface area (Å²) in [7, 11) is 0. The molecule has 18 heavy (non-hydrogen) atoms. The molecule has 0 bridgehead atoms. The van der Waals surface area contributed by atoms with Crippen LogP contribution < -0.4 is 10.1 Å². The highest BCUT2D eigenvalue weighted by Crippen LogP contribution is 2.24. The number of esters is 1. The number of ether oxygens (including phenoxy) is 1. The second-order valence-electron chi connectivity index (χ2n) is 4.27. The molecule has 4 nitrogen and oxygen atoms in total. The summed E-state index contributed by atoms with van der Waals surface area (Å²) in [6, 6.07) is 6.43. The van der Waals surface area contributed by atoms with E-state index in [0.29, 0.717) is 10.2 Å². The van der Waals surface area contributed by atoms with Crippen LogP contribution in [0.3, 0.4) is 0 Å². The van der Waals surface area contributed by atoms with Gasteiger partial charge >= 0.3 is 5.97 Å². The number of carbonyl (C=O) groups is 2. The van der Waals surface area contributed by atoms with Crippen molar-refractivity contribution in [1.29, 1.82) is 0 Å². The topological polar surface area (TPSA) is 55.4 Å². The maximum absolute atomic E-state index is 12.0. The monoisotopic (exact) mass is 313 g/mol. The average molecular weight is 314 g/mol. The second-order valence-corrected chi connectivity index (χ2v) is 5.13. The third kappa shape index (κ3) is 4.14. The number of para-hydroxylation sites is 1. The lowest BCUT2D eigenvalue weighted by Gasteiger charge is -2.20. The average Bonchev–Trinajstić information content (AvgIpc) is 2.28. The van der Waals surface area contributed by atoms with Gasteiger partial charge in [0.1, 0.15) is 11.8 Å². The van der Waals surface area contributed by atoms with Crippen molar-refractivity contribution in [1.82, 2.24) is 5.32 Å². The van der Waals surface area contributed by atoms with Crippen molar-refractivity contribution < 1.29 is 14.3 Å². The maximum atomic E-state index is 12.0. The highest BCUT2D eigenvalue weighted by atomic mass is 79.9. The Bertz CT molecular complexity index is 446. The summed E-state index contributed by atoms with van der Waals surface area (Å²) in [5, 5.41) is 2.59. The highest BCUT2D eigenvalue weighted by molar-refractivity contribution is 9.10. The van der Waals surface area contributed by atoms with Crippen molar-refractivity contribution in [3.05, 3.63) is 28.7 Å². The van der Waals surface area contributed by atoms with Crippen molar-refractivity contribution in [3.63, 3.8) is 0 Å². The fourth-order valence-corrected chi connectivity index (χ4v) is 1.78. The van der Waals surface area contributed by atoms with Crippen LogP contribution in [0.15, 0.2) is 28.7 Å². The summed E-state index contributed by atoms with van der Waals surface area (Å²) < 4.78 is 5.97. The zero-order valence-corrected chi connectivity index (χ0v) is 12.2. The quantitative estimate of drug-likeness (QED) is 0.686. The van der Waals surface area contributed by atoms with Crippen LogP contribution in [0.1, 0.15) is 20.8 Å². The summed E-state index contributed by atoms with van der Waals surface area (Å²) >= 11 is 3.30. The van der Waals surface area contributed by atoms with E-state index in [2.05, 4.69) is 21.2 Å². The van der Waals surface area contributed by atoms with Crippen LogP contribution in [0.25, 0.3) is 0 Å². The van der Waals surface area contributed by atoms with Gasteiger partial charge in [0, 0.05) is 6.92 Å². The van der Waals surface area contributed by atoms with Gasteiger partial charge in [-0.25, -0.2) is 4.79 Å². The SMILES string of the molecule is CC(=O)N[C@@H](C(=O)Oc1ccccc1Br)C(C)C. The lowest BCUT2D eigenvalue weighted by molar-refractivity contribution is -0.140. The fraction of sp³-hybridized carbons (Fsp3) is 0.385. The molecule has 1 N–H and O–H groups in total. The van der Waals surface area contributed by atoms with Crippen LogP contribution in [0.4, 0.5) is 0 Å². The van der Waals surface area contributed by atoms with Crippen molar-refractivity contribution >= 4 is 27.8 Å². The predicted octanol–water partition coefficient (Wildman–Crippen LogP) is 2.52. The Labute approximate surface area is 115 Å². The fourth-order valence-electron chi connectivity index (χ4n) is 1.42. The van der Waals surface area contributed by atoms with Gasteiger partial charge < -0.3 is 10.1 Å². The molecule has 0 saturated carbocycles. The number of halogens is 1. The first-order valence-electron chi connectivity index (χ1n) is 5.65. The van der Waals surface area contributed by atoms with Gasteiger partial charge in [0.25, 0.3) is 0 Å². The van der Waals surface area contributed by atoms with E-state index in [4.69, 9.17) is 4.74 Å². The molecule has 0 unspecified atom stereocenters. The molecule has 1 rings (SSSR count). The second kappa shape index (κ2) is 6.54. The predicted molar refractivity (Wildman–Crippen MR) is 72.2 cm³/mol. The summed E-state index contributed by atoms with van der Waals surface area (Å²) in [6.45, 7) is 5.07. The molecular formula is C13H16BrNO3. The molecule has 5 heteroatoms. The van der Waals surface area contributed by atoms with E-state index in [-0.39, 0.29) is 11.8 Å². The van der Waals surface area contributed by atoms with Crippen molar-refractivity contribution in [2.24, 2.45) is 5.92 Å². The number of hydrogen-bond acceptors (Lipinski definition) is 3.